The molecule has 33 heavy (non-hydrogen) atoms. The summed E-state index contributed by atoms with van der Waals surface area (Å²) in [5, 5.41) is 5.91. The van der Waals surface area contributed by atoms with Gasteiger partial charge in [-0.3, -0.25) is 9.59 Å². The quantitative estimate of drug-likeness (QED) is 0.666. The molecule has 7 nitrogen and oxygen atoms in total. The lowest BCUT2D eigenvalue weighted by Crippen LogP contribution is -2.36. The first-order chi connectivity index (χ1) is 15.9. The van der Waals surface area contributed by atoms with Gasteiger partial charge in [0, 0.05) is 24.7 Å². The van der Waals surface area contributed by atoms with Crippen molar-refractivity contribution in [2.45, 2.75) is 62.8 Å². The first-order valence-corrected chi connectivity index (χ1v) is 13.1. The molecule has 2 fully saturated rings. The number of anilines is 1. The molecule has 1 aliphatic heterocycles. The second kappa shape index (κ2) is 10.1. The van der Waals surface area contributed by atoms with Crippen molar-refractivity contribution in [2.75, 3.05) is 18.4 Å². The summed E-state index contributed by atoms with van der Waals surface area (Å²) in [5.41, 5.74) is 1.74. The Hall–Kier alpha value is -2.71. The zero-order chi connectivity index (χ0) is 23.4. The molecule has 0 atom stereocenters. The van der Waals surface area contributed by atoms with Gasteiger partial charge in [-0.15, -0.1) is 0 Å². The average molecular weight is 470 g/mol. The summed E-state index contributed by atoms with van der Waals surface area (Å²) in [5.74, 6) is -0.649. The molecule has 0 unspecified atom stereocenters. The predicted octanol–water partition coefficient (Wildman–Crippen LogP) is 4.09. The fraction of sp³-hybridized carbons (Fsp3) is 0.440. The Bertz CT molecular complexity index is 1130. The number of rotatable bonds is 6. The van der Waals surface area contributed by atoms with Gasteiger partial charge in [-0.1, -0.05) is 37.5 Å². The van der Waals surface area contributed by atoms with Crippen molar-refractivity contribution in [1.82, 2.24) is 9.62 Å². The summed E-state index contributed by atoms with van der Waals surface area (Å²) >= 11 is 0. The number of hydrogen-bond acceptors (Lipinski definition) is 4. The van der Waals surface area contributed by atoms with Gasteiger partial charge in [0.05, 0.1) is 16.1 Å². The number of hydrogen-bond donors (Lipinski definition) is 2. The Morgan fingerprint density at radius 3 is 2.30 bits per heavy atom. The van der Waals surface area contributed by atoms with Crippen LogP contribution >= 0.6 is 0 Å². The van der Waals surface area contributed by atoms with E-state index in [1.807, 2.05) is 0 Å². The summed E-state index contributed by atoms with van der Waals surface area (Å²) < 4.78 is 27.4. The number of nitrogens with zero attached hydrogens (tertiary/aromatic N) is 1. The molecule has 2 aliphatic rings. The van der Waals surface area contributed by atoms with E-state index in [1.54, 1.807) is 43.3 Å². The summed E-state index contributed by atoms with van der Waals surface area (Å²) in [6, 6.07) is 11.7. The van der Waals surface area contributed by atoms with Gasteiger partial charge in [-0.25, -0.2) is 8.42 Å². The van der Waals surface area contributed by atoms with Gasteiger partial charge in [0.2, 0.25) is 10.0 Å². The van der Waals surface area contributed by atoms with Crippen LogP contribution in [0.1, 0.15) is 71.2 Å². The molecule has 0 spiro atoms. The summed E-state index contributed by atoms with van der Waals surface area (Å²) in [7, 11) is -3.63. The molecular weight excluding hydrogens is 438 g/mol. The largest absolute Gasteiger partial charge is 0.349 e. The van der Waals surface area contributed by atoms with Gasteiger partial charge in [-0.2, -0.15) is 4.31 Å². The maximum Gasteiger partial charge on any atom is 0.255 e. The molecule has 0 bridgehead atoms. The predicted molar refractivity (Wildman–Crippen MR) is 128 cm³/mol. The average Bonchev–Trinajstić information content (AvgIpc) is 3.36. The molecule has 2 aromatic rings. The smallest absolute Gasteiger partial charge is 0.255 e. The number of benzene rings is 2. The van der Waals surface area contributed by atoms with Crippen LogP contribution in [0.3, 0.4) is 0 Å². The Morgan fingerprint density at radius 1 is 0.879 bits per heavy atom. The van der Waals surface area contributed by atoms with Crippen LogP contribution in [-0.4, -0.2) is 43.7 Å². The molecule has 4 rings (SSSR count). The molecule has 1 aliphatic carbocycles. The van der Waals surface area contributed by atoms with Crippen LogP contribution in [0.15, 0.2) is 47.4 Å². The van der Waals surface area contributed by atoms with Crippen LogP contribution < -0.4 is 10.6 Å². The Morgan fingerprint density at radius 2 is 1.58 bits per heavy atom. The highest BCUT2D eigenvalue weighted by Gasteiger charge is 2.28. The number of amides is 2. The van der Waals surface area contributed by atoms with Gasteiger partial charge >= 0.3 is 0 Å². The molecular formula is C25H31N3O4S. The molecule has 8 heteroatoms. The van der Waals surface area contributed by atoms with Crippen molar-refractivity contribution in [1.29, 1.82) is 0 Å². The van der Waals surface area contributed by atoms with Gasteiger partial charge < -0.3 is 10.6 Å². The Balaban J connectivity index is 1.55. The van der Waals surface area contributed by atoms with E-state index in [4.69, 9.17) is 0 Å². The first kappa shape index (κ1) is 23.4. The van der Waals surface area contributed by atoms with E-state index in [1.165, 1.54) is 16.8 Å². The number of carbonyl (C=O) groups is 2. The number of nitrogens with one attached hydrogen (secondary N) is 2. The van der Waals surface area contributed by atoms with Crippen LogP contribution in [0.4, 0.5) is 5.69 Å². The Labute approximate surface area is 195 Å². The van der Waals surface area contributed by atoms with E-state index in [2.05, 4.69) is 10.6 Å². The van der Waals surface area contributed by atoms with Crippen LogP contribution in [0.5, 0.6) is 0 Å². The number of carbonyl (C=O) groups excluding carboxylic acids is 2. The zero-order valence-corrected chi connectivity index (χ0v) is 19.8. The molecule has 0 aromatic heterocycles. The maximum atomic E-state index is 13.1. The highest BCUT2D eigenvalue weighted by Crippen LogP contribution is 2.25. The van der Waals surface area contributed by atoms with Crippen LogP contribution in [0.25, 0.3) is 0 Å². The fourth-order valence-corrected chi connectivity index (χ4v) is 6.12. The fourth-order valence-electron chi connectivity index (χ4n) is 4.57. The van der Waals surface area contributed by atoms with Crippen molar-refractivity contribution in [2.24, 2.45) is 0 Å². The van der Waals surface area contributed by atoms with Crippen LogP contribution in [0, 0.1) is 6.92 Å². The first-order valence-electron chi connectivity index (χ1n) is 11.7. The van der Waals surface area contributed by atoms with Gasteiger partial charge in [0.25, 0.3) is 11.8 Å². The maximum absolute atomic E-state index is 13.1. The molecule has 0 radical (unpaired) electrons. The molecule has 1 saturated heterocycles. The lowest BCUT2D eigenvalue weighted by atomic mass is 9.95. The monoisotopic (exact) mass is 469 g/mol. The Kier molecular flexibility index (Phi) is 7.14. The van der Waals surface area contributed by atoms with Gasteiger partial charge in [0.1, 0.15) is 0 Å². The summed E-state index contributed by atoms with van der Waals surface area (Å²) in [6.07, 6.45) is 7.05. The molecule has 2 aromatic carbocycles. The van der Waals surface area contributed by atoms with Crippen molar-refractivity contribution < 1.29 is 18.0 Å². The molecule has 2 N–H and O–H groups in total. The van der Waals surface area contributed by atoms with Crippen molar-refractivity contribution in [3.05, 3.63) is 59.2 Å². The normalized spacial score (nSPS) is 17.6. The number of aryl methyl sites for hydroxylation is 1. The number of sulfonamides is 1. The zero-order valence-electron chi connectivity index (χ0n) is 19.0. The summed E-state index contributed by atoms with van der Waals surface area (Å²) in [6.45, 7) is 2.77. The minimum atomic E-state index is -3.63. The SMILES string of the molecule is Cc1ccc(S(=O)(=O)N2CCCC2)cc1C(=O)Nc1ccccc1C(=O)NC1CCCCC1. The van der Waals surface area contributed by atoms with E-state index in [9.17, 15) is 18.0 Å². The van der Waals surface area contributed by atoms with Crippen molar-refractivity contribution in [3.63, 3.8) is 0 Å². The van der Waals surface area contributed by atoms with E-state index in [0.717, 1.165) is 38.5 Å². The second-order valence-electron chi connectivity index (χ2n) is 8.90. The number of para-hydroxylation sites is 1. The minimum absolute atomic E-state index is 0.114. The summed E-state index contributed by atoms with van der Waals surface area (Å²) in [4.78, 5) is 26.2. The highest BCUT2D eigenvalue weighted by atomic mass is 32.2. The van der Waals surface area contributed by atoms with Gasteiger partial charge in [0.15, 0.2) is 0 Å². The lowest BCUT2D eigenvalue weighted by Gasteiger charge is -2.23. The molecule has 1 saturated carbocycles. The van der Waals surface area contributed by atoms with E-state index in [0.29, 0.717) is 29.9 Å². The molecule has 176 valence electrons. The standard InChI is InChI=1S/C25H31N3O4S/c1-18-13-14-20(33(31,32)28-15-7-8-16-28)17-22(18)25(30)27-23-12-6-5-11-21(23)24(29)26-19-9-3-2-4-10-19/h5-6,11-14,17,19H,2-4,7-10,15-16H2,1H3,(H,26,29)(H,27,30). The van der Waals surface area contributed by atoms with Crippen molar-refractivity contribution >= 4 is 27.5 Å². The molecule has 1 heterocycles. The molecule has 2 amide bonds. The van der Waals surface area contributed by atoms with Crippen molar-refractivity contribution in [3.8, 4) is 0 Å². The highest BCUT2D eigenvalue weighted by molar-refractivity contribution is 7.89. The topological polar surface area (TPSA) is 95.6 Å². The van der Waals surface area contributed by atoms with Crippen LogP contribution in [-0.2, 0) is 10.0 Å². The van der Waals surface area contributed by atoms with E-state index < -0.39 is 15.9 Å². The third-order valence-corrected chi connectivity index (χ3v) is 8.41. The third kappa shape index (κ3) is 5.28. The minimum Gasteiger partial charge on any atom is -0.349 e. The third-order valence-electron chi connectivity index (χ3n) is 6.52. The second-order valence-corrected chi connectivity index (χ2v) is 10.8. The van der Waals surface area contributed by atoms with Gasteiger partial charge in [-0.05, 0) is 62.4 Å². The van der Waals surface area contributed by atoms with Crippen LogP contribution in [0.2, 0.25) is 0 Å². The van der Waals surface area contributed by atoms with E-state index >= 15 is 0 Å². The van der Waals surface area contributed by atoms with E-state index in [-0.39, 0.29) is 22.4 Å². The lowest BCUT2D eigenvalue weighted by molar-refractivity contribution is 0.0928.